The fraction of sp³-hybridized carbons (Fsp3) is 0.562. The number of benzene rings is 1. The van der Waals surface area contributed by atoms with Gasteiger partial charge in [0.05, 0.1) is 22.9 Å². The van der Waals surface area contributed by atoms with Gasteiger partial charge in [-0.3, -0.25) is 4.79 Å². The van der Waals surface area contributed by atoms with Crippen molar-refractivity contribution in [3.05, 3.63) is 29.8 Å². The van der Waals surface area contributed by atoms with E-state index in [1.807, 2.05) is 0 Å². The Morgan fingerprint density at radius 3 is 2.28 bits per heavy atom. The topological polar surface area (TPSA) is 101 Å². The number of hydrogen-bond acceptors (Lipinski definition) is 6. The number of carbonyl (C=O) groups excluding carboxylic acids is 1. The quantitative estimate of drug-likeness (QED) is 0.657. The van der Waals surface area contributed by atoms with Gasteiger partial charge in [0.25, 0.3) is 0 Å². The van der Waals surface area contributed by atoms with Crippen LogP contribution in [0.1, 0.15) is 30.6 Å². The van der Waals surface area contributed by atoms with Gasteiger partial charge in [0, 0.05) is 24.7 Å². The molecule has 0 aliphatic carbocycles. The number of ketones is 1. The Morgan fingerprint density at radius 1 is 1.20 bits per heavy atom. The van der Waals surface area contributed by atoms with E-state index < -0.39 is 19.9 Å². The lowest BCUT2D eigenvalue weighted by Gasteiger charge is -2.18. The molecule has 0 saturated carbocycles. The average Bonchev–Trinajstić information content (AvgIpc) is 2.92. The minimum atomic E-state index is -3.54. The molecule has 0 amide bonds. The van der Waals surface area contributed by atoms with Crippen LogP contribution in [-0.4, -0.2) is 64.1 Å². The molecular formula is C16H24N2O5S2. The molecule has 1 N–H and O–H groups in total. The molecular weight excluding hydrogens is 364 g/mol. The lowest BCUT2D eigenvalue weighted by Crippen LogP contribution is -2.34. The number of nitrogens with one attached hydrogen (secondary N) is 1. The van der Waals surface area contributed by atoms with Crippen molar-refractivity contribution in [3.63, 3.8) is 0 Å². The first-order valence-electron chi connectivity index (χ1n) is 8.27. The molecule has 1 heterocycles. The fourth-order valence-corrected chi connectivity index (χ4v) is 5.99. The summed E-state index contributed by atoms with van der Waals surface area (Å²) in [6.45, 7) is 4.34. The molecule has 9 heteroatoms. The first-order chi connectivity index (χ1) is 11.7. The van der Waals surface area contributed by atoms with E-state index >= 15 is 0 Å². The summed E-state index contributed by atoms with van der Waals surface area (Å²) in [5.74, 6) is 0.00838. The van der Waals surface area contributed by atoms with Crippen LogP contribution < -0.4 is 5.32 Å². The summed E-state index contributed by atoms with van der Waals surface area (Å²) in [4.78, 5) is 12.4. The van der Waals surface area contributed by atoms with Crippen LogP contribution in [0.4, 0.5) is 0 Å². The number of carbonyl (C=O) groups is 1. The van der Waals surface area contributed by atoms with Gasteiger partial charge in [-0.2, -0.15) is 4.31 Å². The van der Waals surface area contributed by atoms with Crippen molar-refractivity contribution >= 4 is 25.6 Å². The van der Waals surface area contributed by atoms with Crippen LogP contribution in [0.5, 0.6) is 0 Å². The van der Waals surface area contributed by atoms with Gasteiger partial charge in [-0.25, -0.2) is 16.8 Å². The van der Waals surface area contributed by atoms with E-state index in [1.165, 1.54) is 28.6 Å². The number of Topliss-reactive ketones (excluding diaryl/α,β-unsaturated/α-hetero) is 1. The van der Waals surface area contributed by atoms with Crippen molar-refractivity contribution in [2.24, 2.45) is 0 Å². The maximum absolute atomic E-state index is 12.4. The third-order valence-corrected chi connectivity index (χ3v) is 8.14. The van der Waals surface area contributed by atoms with Gasteiger partial charge in [-0.05, 0) is 18.6 Å². The summed E-state index contributed by atoms with van der Waals surface area (Å²) < 4.78 is 49.0. The second kappa shape index (κ2) is 7.94. The van der Waals surface area contributed by atoms with E-state index in [9.17, 15) is 21.6 Å². The standard InChI is InChI=1S/C16H24N2O5S2/c1-3-18(4-2)25(22,23)15-7-5-13(6-8-15)16(19)11-17-14-9-10-24(20,21)12-14/h5-8,14,17H,3-4,9-12H2,1-2H3. The zero-order valence-electron chi connectivity index (χ0n) is 14.4. The Morgan fingerprint density at radius 2 is 1.80 bits per heavy atom. The SMILES string of the molecule is CCN(CC)S(=O)(=O)c1ccc(C(=O)CNC2CCS(=O)(=O)C2)cc1. The summed E-state index contributed by atoms with van der Waals surface area (Å²) in [5, 5.41) is 2.96. The second-order valence-corrected chi connectivity index (χ2v) is 10.2. The van der Waals surface area contributed by atoms with Crippen LogP contribution in [0.25, 0.3) is 0 Å². The molecule has 2 rings (SSSR count). The minimum absolute atomic E-state index is 0.0301. The maximum atomic E-state index is 12.4. The number of sulfonamides is 1. The van der Waals surface area contributed by atoms with Crippen molar-refractivity contribution in [3.8, 4) is 0 Å². The van der Waals surface area contributed by atoms with Crippen molar-refractivity contribution in [2.45, 2.75) is 31.2 Å². The van der Waals surface area contributed by atoms with Crippen LogP contribution >= 0.6 is 0 Å². The lowest BCUT2D eigenvalue weighted by molar-refractivity contribution is 0.0988. The predicted octanol–water partition coefficient (Wildman–Crippen LogP) is 0.677. The highest BCUT2D eigenvalue weighted by Gasteiger charge is 2.28. The Labute approximate surface area is 149 Å². The second-order valence-electron chi connectivity index (χ2n) is 6.02. The molecule has 1 aromatic rings. The molecule has 7 nitrogen and oxygen atoms in total. The Kier molecular flexibility index (Phi) is 6.36. The summed E-state index contributed by atoms with van der Waals surface area (Å²) in [6.07, 6.45) is 0.511. The fourth-order valence-electron chi connectivity index (χ4n) is 2.82. The number of nitrogens with zero attached hydrogens (tertiary/aromatic N) is 1. The molecule has 1 aliphatic rings. The van der Waals surface area contributed by atoms with Gasteiger partial charge in [-0.1, -0.05) is 26.0 Å². The minimum Gasteiger partial charge on any atom is -0.306 e. The van der Waals surface area contributed by atoms with E-state index in [0.29, 0.717) is 25.1 Å². The van der Waals surface area contributed by atoms with Crippen LogP contribution in [0, 0.1) is 0 Å². The van der Waals surface area contributed by atoms with E-state index in [0.717, 1.165) is 0 Å². The van der Waals surface area contributed by atoms with E-state index in [4.69, 9.17) is 0 Å². The van der Waals surface area contributed by atoms with Crippen molar-refractivity contribution in [2.75, 3.05) is 31.1 Å². The predicted molar refractivity (Wildman–Crippen MR) is 95.9 cm³/mol. The Balaban J connectivity index is 2.01. The maximum Gasteiger partial charge on any atom is 0.243 e. The first-order valence-corrected chi connectivity index (χ1v) is 11.5. The van der Waals surface area contributed by atoms with Gasteiger partial charge >= 0.3 is 0 Å². The molecule has 25 heavy (non-hydrogen) atoms. The Hall–Kier alpha value is -1.29. The lowest BCUT2D eigenvalue weighted by atomic mass is 10.1. The van der Waals surface area contributed by atoms with Crippen LogP contribution in [-0.2, 0) is 19.9 Å². The normalized spacial score (nSPS) is 20.0. The van der Waals surface area contributed by atoms with E-state index in [2.05, 4.69) is 5.32 Å². The highest BCUT2D eigenvalue weighted by atomic mass is 32.2. The number of rotatable bonds is 8. The largest absolute Gasteiger partial charge is 0.306 e. The third kappa shape index (κ3) is 4.87. The number of sulfone groups is 1. The molecule has 140 valence electrons. The zero-order chi connectivity index (χ0) is 18.7. The van der Waals surface area contributed by atoms with E-state index in [1.54, 1.807) is 13.8 Å². The van der Waals surface area contributed by atoms with Crippen molar-refractivity contribution in [1.82, 2.24) is 9.62 Å². The molecule has 0 bridgehead atoms. The molecule has 1 aliphatic heterocycles. The molecule has 0 radical (unpaired) electrons. The van der Waals surface area contributed by atoms with E-state index in [-0.39, 0.29) is 34.8 Å². The highest BCUT2D eigenvalue weighted by molar-refractivity contribution is 7.91. The molecule has 0 aromatic heterocycles. The summed E-state index contributed by atoms with van der Waals surface area (Å²) in [6, 6.07) is 5.65. The molecule has 1 aromatic carbocycles. The summed E-state index contributed by atoms with van der Waals surface area (Å²) in [7, 11) is -6.53. The highest BCUT2D eigenvalue weighted by Crippen LogP contribution is 2.17. The molecule has 1 unspecified atom stereocenters. The Bertz CT molecular complexity index is 813. The smallest absolute Gasteiger partial charge is 0.243 e. The summed E-state index contributed by atoms with van der Waals surface area (Å²) >= 11 is 0. The molecule has 1 saturated heterocycles. The average molecular weight is 389 g/mol. The van der Waals surface area contributed by atoms with Gasteiger partial charge < -0.3 is 5.32 Å². The summed E-state index contributed by atoms with van der Waals surface area (Å²) in [5.41, 5.74) is 0.395. The molecule has 0 spiro atoms. The third-order valence-electron chi connectivity index (χ3n) is 4.30. The molecule has 1 atom stereocenters. The van der Waals surface area contributed by atoms with Gasteiger partial charge in [0.2, 0.25) is 10.0 Å². The van der Waals surface area contributed by atoms with Crippen molar-refractivity contribution < 1.29 is 21.6 Å². The van der Waals surface area contributed by atoms with Crippen LogP contribution in [0.2, 0.25) is 0 Å². The van der Waals surface area contributed by atoms with Gasteiger partial charge in [0.15, 0.2) is 15.6 Å². The first kappa shape index (κ1) is 20.0. The van der Waals surface area contributed by atoms with Crippen molar-refractivity contribution in [1.29, 1.82) is 0 Å². The number of hydrogen-bond donors (Lipinski definition) is 1. The van der Waals surface area contributed by atoms with Gasteiger partial charge in [0.1, 0.15) is 0 Å². The monoisotopic (exact) mass is 388 g/mol. The zero-order valence-corrected chi connectivity index (χ0v) is 16.1. The molecule has 1 fully saturated rings. The van der Waals surface area contributed by atoms with Crippen LogP contribution in [0.15, 0.2) is 29.2 Å². The van der Waals surface area contributed by atoms with Crippen LogP contribution in [0.3, 0.4) is 0 Å². The van der Waals surface area contributed by atoms with Gasteiger partial charge in [-0.15, -0.1) is 0 Å².